The summed E-state index contributed by atoms with van der Waals surface area (Å²) in [6.07, 6.45) is 8.63. The summed E-state index contributed by atoms with van der Waals surface area (Å²) >= 11 is 0. The normalized spacial score (nSPS) is 22.7. The van der Waals surface area contributed by atoms with Gasteiger partial charge in [0.05, 0.1) is 28.6 Å². The SMILES string of the molecule is CC1CCC(Nc2nccc(-c3cn(C4CCS(=O)(=O)CC4)c(=O)n3-c3ccc(F)cc3)n2)CC1. The van der Waals surface area contributed by atoms with Gasteiger partial charge in [-0.15, -0.1) is 0 Å². The van der Waals surface area contributed by atoms with Gasteiger partial charge in [-0.05, 0) is 74.8 Å². The van der Waals surface area contributed by atoms with Gasteiger partial charge in [-0.1, -0.05) is 6.92 Å². The van der Waals surface area contributed by atoms with Crippen LogP contribution in [0.25, 0.3) is 17.1 Å². The lowest BCUT2D eigenvalue weighted by molar-refractivity contribution is 0.360. The van der Waals surface area contributed by atoms with Gasteiger partial charge in [0.2, 0.25) is 5.95 Å². The van der Waals surface area contributed by atoms with E-state index in [1.165, 1.54) is 29.5 Å². The smallest absolute Gasteiger partial charge is 0.333 e. The minimum atomic E-state index is -3.06. The van der Waals surface area contributed by atoms with Gasteiger partial charge in [0.1, 0.15) is 15.7 Å². The maximum Gasteiger partial charge on any atom is 0.333 e. The van der Waals surface area contributed by atoms with Gasteiger partial charge in [-0.25, -0.2) is 27.6 Å². The maximum atomic E-state index is 13.6. The van der Waals surface area contributed by atoms with Crippen molar-refractivity contribution in [3.63, 3.8) is 0 Å². The van der Waals surface area contributed by atoms with Crippen LogP contribution in [0, 0.1) is 11.7 Å². The second-order valence-corrected chi connectivity index (χ2v) is 12.1. The number of nitrogens with one attached hydrogen (secondary N) is 1. The Morgan fingerprint density at radius 2 is 1.69 bits per heavy atom. The van der Waals surface area contributed by atoms with Gasteiger partial charge < -0.3 is 5.32 Å². The van der Waals surface area contributed by atoms with Crippen LogP contribution in [0.4, 0.5) is 10.3 Å². The molecule has 0 radical (unpaired) electrons. The summed E-state index contributed by atoms with van der Waals surface area (Å²) in [5.41, 5.74) is 1.33. The Labute approximate surface area is 204 Å². The van der Waals surface area contributed by atoms with Crippen LogP contribution in [0.3, 0.4) is 0 Å². The molecule has 1 saturated carbocycles. The molecule has 186 valence electrons. The van der Waals surface area contributed by atoms with E-state index >= 15 is 0 Å². The molecule has 10 heteroatoms. The van der Waals surface area contributed by atoms with Crippen LogP contribution in [-0.4, -0.2) is 45.1 Å². The van der Waals surface area contributed by atoms with E-state index in [2.05, 4.69) is 17.2 Å². The van der Waals surface area contributed by atoms with Crippen molar-refractivity contribution in [2.75, 3.05) is 16.8 Å². The molecule has 3 heterocycles. The minimum Gasteiger partial charge on any atom is -0.351 e. The van der Waals surface area contributed by atoms with Gasteiger partial charge in [0, 0.05) is 24.5 Å². The zero-order valence-corrected chi connectivity index (χ0v) is 20.5. The fourth-order valence-electron chi connectivity index (χ4n) is 5.06. The van der Waals surface area contributed by atoms with Crippen LogP contribution in [0.15, 0.2) is 47.5 Å². The largest absolute Gasteiger partial charge is 0.351 e. The monoisotopic (exact) mass is 499 g/mol. The second-order valence-electron chi connectivity index (χ2n) is 9.77. The number of benzene rings is 1. The van der Waals surface area contributed by atoms with Crippen LogP contribution >= 0.6 is 0 Å². The third-order valence-corrected chi connectivity index (χ3v) is 8.90. The first kappa shape index (κ1) is 23.7. The first-order valence-corrected chi connectivity index (χ1v) is 14.0. The van der Waals surface area contributed by atoms with E-state index in [9.17, 15) is 17.6 Å². The van der Waals surface area contributed by atoms with Gasteiger partial charge in [0.15, 0.2) is 0 Å². The predicted molar refractivity (Wildman–Crippen MR) is 133 cm³/mol. The van der Waals surface area contributed by atoms with E-state index in [1.807, 2.05) is 0 Å². The number of hydrogen-bond donors (Lipinski definition) is 1. The van der Waals surface area contributed by atoms with E-state index in [0.717, 1.165) is 18.8 Å². The zero-order valence-electron chi connectivity index (χ0n) is 19.7. The van der Waals surface area contributed by atoms with Crippen LogP contribution in [0.2, 0.25) is 0 Å². The highest BCUT2D eigenvalue weighted by molar-refractivity contribution is 7.91. The lowest BCUT2D eigenvalue weighted by Crippen LogP contribution is -2.32. The summed E-state index contributed by atoms with van der Waals surface area (Å²) in [6.45, 7) is 2.27. The molecule has 0 amide bonds. The number of hydrogen-bond acceptors (Lipinski definition) is 6. The highest BCUT2D eigenvalue weighted by Gasteiger charge is 2.28. The summed E-state index contributed by atoms with van der Waals surface area (Å²) in [5, 5.41) is 3.44. The molecule has 1 saturated heterocycles. The number of rotatable bonds is 5. The number of halogens is 1. The number of anilines is 1. The summed E-state index contributed by atoms with van der Waals surface area (Å²) < 4.78 is 40.6. The molecule has 8 nitrogen and oxygen atoms in total. The highest BCUT2D eigenvalue weighted by Crippen LogP contribution is 2.28. The molecule has 5 rings (SSSR count). The lowest BCUT2D eigenvalue weighted by Gasteiger charge is -2.26. The van der Waals surface area contributed by atoms with Gasteiger partial charge in [-0.3, -0.25) is 9.13 Å². The van der Waals surface area contributed by atoms with Crippen LogP contribution in [-0.2, 0) is 9.84 Å². The van der Waals surface area contributed by atoms with E-state index in [-0.39, 0.29) is 23.2 Å². The van der Waals surface area contributed by atoms with Crippen molar-refractivity contribution in [2.45, 2.75) is 57.5 Å². The molecule has 1 aliphatic carbocycles. The first-order chi connectivity index (χ1) is 16.8. The molecular weight excluding hydrogens is 469 g/mol. The minimum absolute atomic E-state index is 0.0583. The molecule has 0 spiro atoms. The van der Waals surface area contributed by atoms with Crippen LogP contribution in [0.5, 0.6) is 0 Å². The number of nitrogens with zero attached hydrogens (tertiary/aromatic N) is 4. The molecule has 1 N–H and O–H groups in total. The summed E-state index contributed by atoms with van der Waals surface area (Å²) in [5.74, 6) is 0.970. The average Bonchev–Trinajstić information content (AvgIpc) is 3.18. The van der Waals surface area contributed by atoms with E-state index in [1.54, 1.807) is 35.2 Å². The lowest BCUT2D eigenvalue weighted by atomic mass is 9.87. The quantitative estimate of drug-likeness (QED) is 0.570. The fraction of sp³-hybridized carbons (Fsp3) is 0.480. The molecule has 0 bridgehead atoms. The Morgan fingerprint density at radius 3 is 2.37 bits per heavy atom. The van der Waals surface area contributed by atoms with Gasteiger partial charge >= 0.3 is 5.69 Å². The third-order valence-electron chi connectivity index (χ3n) is 7.18. The molecular formula is C25H30FN5O3S. The Hall–Kier alpha value is -3.01. The van der Waals surface area contributed by atoms with Crippen molar-refractivity contribution < 1.29 is 12.8 Å². The molecule has 0 unspecified atom stereocenters. The maximum absolute atomic E-state index is 13.6. The van der Waals surface area contributed by atoms with Gasteiger partial charge in [0.25, 0.3) is 0 Å². The van der Waals surface area contributed by atoms with Crippen LogP contribution < -0.4 is 11.0 Å². The Balaban J connectivity index is 1.52. The molecule has 3 aromatic rings. The average molecular weight is 500 g/mol. The van der Waals surface area contributed by atoms with Crippen molar-refractivity contribution in [1.29, 1.82) is 0 Å². The first-order valence-electron chi connectivity index (χ1n) is 12.2. The predicted octanol–water partition coefficient (Wildman–Crippen LogP) is 3.98. The molecule has 2 aliphatic rings. The third kappa shape index (κ3) is 5.17. The zero-order chi connectivity index (χ0) is 24.6. The Morgan fingerprint density at radius 1 is 1.00 bits per heavy atom. The molecule has 1 aliphatic heterocycles. The molecule has 35 heavy (non-hydrogen) atoms. The molecule has 2 aromatic heterocycles. The number of sulfone groups is 1. The fourth-order valence-corrected chi connectivity index (χ4v) is 6.53. The Bertz CT molecular complexity index is 1340. The number of imidazole rings is 1. The molecule has 2 fully saturated rings. The second kappa shape index (κ2) is 9.56. The topological polar surface area (TPSA) is 98.9 Å². The van der Waals surface area contributed by atoms with Crippen molar-refractivity contribution >= 4 is 15.8 Å². The van der Waals surface area contributed by atoms with Crippen molar-refractivity contribution in [3.8, 4) is 17.1 Å². The standard InChI is InChI=1S/C25H30FN5O3S/c1-17-2-6-19(7-3-17)28-24-27-13-10-22(29-24)23-16-30(20-11-14-35(33,34)15-12-20)25(32)31(23)21-8-4-18(26)5-9-21/h4-5,8-10,13,16-17,19-20H,2-3,6-7,11-12,14-15H2,1H3,(H,27,28,29). The Kier molecular flexibility index (Phi) is 6.48. The van der Waals surface area contributed by atoms with Gasteiger partial charge in [-0.2, -0.15) is 0 Å². The number of aromatic nitrogens is 4. The molecule has 0 atom stereocenters. The summed E-state index contributed by atoms with van der Waals surface area (Å²) in [6, 6.07) is 7.57. The van der Waals surface area contributed by atoms with E-state index in [4.69, 9.17) is 4.98 Å². The summed E-state index contributed by atoms with van der Waals surface area (Å²) in [7, 11) is -3.06. The van der Waals surface area contributed by atoms with E-state index in [0.29, 0.717) is 41.9 Å². The highest BCUT2D eigenvalue weighted by atomic mass is 32.2. The van der Waals surface area contributed by atoms with Crippen LogP contribution in [0.1, 0.15) is 51.5 Å². The molecule has 1 aromatic carbocycles. The van der Waals surface area contributed by atoms with E-state index < -0.39 is 15.7 Å². The summed E-state index contributed by atoms with van der Waals surface area (Å²) in [4.78, 5) is 22.7. The van der Waals surface area contributed by atoms with Crippen molar-refractivity contribution in [2.24, 2.45) is 5.92 Å². The van der Waals surface area contributed by atoms with Crippen molar-refractivity contribution in [3.05, 3.63) is 59.0 Å². The van der Waals surface area contributed by atoms with Crippen molar-refractivity contribution in [1.82, 2.24) is 19.1 Å².